The average Bonchev–Trinajstić information content (AvgIpc) is 2.74. The van der Waals surface area contributed by atoms with E-state index in [0.29, 0.717) is 24.0 Å². The molecule has 0 spiro atoms. The largest absolute Gasteiger partial charge is 0.294 e. The lowest BCUT2D eigenvalue weighted by Crippen LogP contribution is -2.26. The summed E-state index contributed by atoms with van der Waals surface area (Å²) < 4.78 is 0. The summed E-state index contributed by atoms with van der Waals surface area (Å²) in [5.74, 6) is 0.527. The first kappa shape index (κ1) is 17.1. The average molecular weight is 367 g/mol. The maximum absolute atomic E-state index is 12.8. The minimum atomic E-state index is 0.100. The molecule has 2 aliphatic carbocycles. The van der Waals surface area contributed by atoms with Gasteiger partial charge >= 0.3 is 0 Å². The standard InChI is InChI=1S/C25H21NO2/c27-24-13-18(16-7-3-1-4-8-16)11-22-20(24)15-21-23(26-22)12-19(14-25(21)28)17-9-5-2-6-10-17/h1-10,15,18-19H,11-14H2. The fourth-order valence-electron chi connectivity index (χ4n) is 4.59. The Labute approximate surface area is 164 Å². The molecule has 0 radical (unpaired) electrons. The van der Waals surface area contributed by atoms with Gasteiger partial charge in [-0.3, -0.25) is 14.6 Å². The quantitative estimate of drug-likeness (QED) is 0.647. The number of carbonyl (C=O) groups excluding carboxylic acids is 2. The Bertz CT molecular complexity index is 974. The Hall–Kier alpha value is -3.07. The van der Waals surface area contributed by atoms with Gasteiger partial charge in [-0.25, -0.2) is 0 Å². The van der Waals surface area contributed by atoms with E-state index in [1.165, 1.54) is 11.1 Å². The van der Waals surface area contributed by atoms with Gasteiger partial charge in [-0.2, -0.15) is 0 Å². The second kappa shape index (κ2) is 6.83. The normalized spacial score (nSPS) is 21.1. The van der Waals surface area contributed by atoms with E-state index in [-0.39, 0.29) is 23.4 Å². The van der Waals surface area contributed by atoms with Crippen molar-refractivity contribution in [2.24, 2.45) is 0 Å². The highest BCUT2D eigenvalue weighted by atomic mass is 16.1. The van der Waals surface area contributed by atoms with Gasteiger partial charge < -0.3 is 0 Å². The third-order valence-electron chi connectivity index (χ3n) is 6.07. The minimum absolute atomic E-state index is 0.100. The number of benzene rings is 2. The number of fused-ring (bicyclic) bond motifs is 2. The number of carbonyl (C=O) groups is 2. The number of hydrogen-bond acceptors (Lipinski definition) is 3. The van der Waals surface area contributed by atoms with Crippen molar-refractivity contribution in [1.82, 2.24) is 4.98 Å². The summed E-state index contributed by atoms with van der Waals surface area (Å²) in [6.45, 7) is 0. The molecule has 1 heterocycles. The van der Waals surface area contributed by atoms with E-state index in [9.17, 15) is 9.59 Å². The number of ketones is 2. The number of nitrogens with zero attached hydrogens (tertiary/aromatic N) is 1. The Kier molecular flexibility index (Phi) is 4.16. The molecule has 3 aromatic rings. The highest BCUT2D eigenvalue weighted by molar-refractivity contribution is 6.04. The van der Waals surface area contributed by atoms with Crippen molar-refractivity contribution in [3.63, 3.8) is 0 Å². The van der Waals surface area contributed by atoms with E-state index < -0.39 is 0 Å². The fourth-order valence-corrected chi connectivity index (χ4v) is 4.59. The minimum Gasteiger partial charge on any atom is -0.294 e. The van der Waals surface area contributed by atoms with Crippen LogP contribution in [0.2, 0.25) is 0 Å². The zero-order valence-corrected chi connectivity index (χ0v) is 15.6. The first-order valence-corrected chi connectivity index (χ1v) is 9.88. The van der Waals surface area contributed by atoms with Gasteiger partial charge in [0.15, 0.2) is 11.6 Å². The van der Waals surface area contributed by atoms with Crippen LogP contribution in [0.4, 0.5) is 0 Å². The molecule has 0 N–H and O–H groups in total. The zero-order valence-electron chi connectivity index (χ0n) is 15.6. The molecular weight excluding hydrogens is 346 g/mol. The summed E-state index contributed by atoms with van der Waals surface area (Å²) in [6.07, 6.45) is 2.47. The lowest BCUT2D eigenvalue weighted by atomic mass is 9.78. The summed E-state index contributed by atoms with van der Waals surface area (Å²) in [4.78, 5) is 30.5. The van der Waals surface area contributed by atoms with Gasteiger partial charge in [-0.15, -0.1) is 0 Å². The lowest BCUT2D eigenvalue weighted by molar-refractivity contribution is 0.0961. The van der Waals surface area contributed by atoms with Crippen molar-refractivity contribution >= 4 is 11.6 Å². The molecule has 28 heavy (non-hydrogen) atoms. The molecule has 0 saturated carbocycles. The van der Waals surface area contributed by atoms with Crippen LogP contribution in [0.5, 0.6) is 0 Å². The van der Waals surface area contributed by atoms with Gasteiger partial charge in [0.1, 0.15) is 0 Å². The molecule has 0 amide bonds. The Morgan fingerprint density at radius 2 is 1.04 bits per heavy atom. The third kappa shape index (κ3) is 2.97. The molecule has 0 saturated heterocycles. The molecular formula is C25H21NO2. The lowest BCUT2D eigenvalue weighted by Gasteiger charge is -2.28. The summed E-state index contributed by atoms with van der Waals surface area (Å²) in [7, 11) is 0. The van der Waals surface area contributed by atoms with E-state index in [0.717, 1.165) is 24.2 Å². The Morgan fingerprint density at radius 3 is 1.46 bits per heavy atom. The highest BCUT2D eigenvalue weighted by Gasteiger charge is 2.33. The predicted octanol–water partition coefficient (Wildman–Crippen LogP) is 4.91. The van der Waals surface area contributed by atoms with Crippen LogP contribution in [-0.2, 0) is 12.8 Å². The summed E-state index contributed by atoms with van der Waals surface area (Å²) in [5, 5.41) is 0. The van der Waals surface area contributed by atoms with Crippen LogP contribution in [0, 0.1) is 0 Å². The second-order valence-electron chi connectivity index (χ2n) is 7.85. The van der Waals surface area contributed by atoms with E-state index in [1.807, 2.05) is 42.5 Å². The topological polar surface area (TPSA) is 47.0 Å². The molecule has 3 nitrogen and oxygen atoms in total. The van der Waals surface area contributed by atoms with Crippen molar-refractivity contribution in [1.29, 1.82) is 0 Å². The van der Waals surface area contributed by atoms with Gasteiger partial charge in [0.25, 0.3) is 0 Å². The first-order valence-electron chi connectivity index (χ1n) is 9.88. The molecule has 5 rings (SSSR count). The van der Waals surface area contributed by atoms with Crippen molar-refractivity contribution in [3.05, 3.63) is 100 Å². The van der Waals surface area contributed by atoms with Crippen LogP contribution >= 0.6 is 0 Å². The number of Topliss-reactive ketones (excluding diaryl/α,β-unsaturated/α-hetero) is 2. The number of rotatable bonds is 2. The number of aromatic nitrogens is 1. The smallest absolute Gasteiger partial charge is 0.165 e. The van der Waals surface area contributed by atoms with Crippen molar-refractivity contribution < 1.29 is 9.59 Å². The third-order valence-corrected chi connectivity index (χ3v) is 6.07. The van der Waals surface area contributed by atoms with Crippen LogP contribution in [0.3, 0.4) is 0 Å². The van der Waals surface area contributed by atoms with E-state index >= 15 is 0 Å². The second-order valence-corrected chi connectivity index (χ2v) is 7.85. The molecule has 0 aliphatic heterocycles. The van der Waals surface area contributed by atoms with Crippen LogP contribution < -0.4 is 0 Å². The maximum atomic E-state index is 12.8. The predicted molar refractivity (Wildman–Crippen MR) is 108 cm³/mol. The molecule has 3 heteroatoms. The van der Waals surface area contributed by atoms with E-state index in [2.05, 4.69) is 24.3 Å². The summed E-state index contributed by atoms with van der Waals surface area (Å²) >= 11 is 0. The highest BCUT2D eigenvalue weighted by Crippen LogP contribution is 2.36. The first-order chi connectivity index (χ1) is 13.7. The monoisotopic (exact) mass is 367 g/mol. The van der Waals surface area contributed by atoms with Gasteiger partial charge in [0, 0.05) is 24.0 Å². The van der Waals surface area contributed by atoms with Crippen molar-refractivity contribution in [3.8, 4) is 0 Å². The Balaban J connectivity index is 1.51. The fraction of sp³-hybridized carbons (Fsp3) is 0.240. The van der Waals surface area contributed by atoms with E-state index in [1.54, 1.807) is 0 Å². The maximum Gasteiger partial charge on any atom is 0.165 e. The van der Waals surface area contributed by atoms with Gasteiger partial charge in [0.05, 0.1) is 11.4 Å². The molecule has 2 aromatic carbocycles. The Morgan fingerprint density at radius 1 is 0.607 bits per heavy atom. The molecule has 1 aromatic heterocycles. The van der Waals surface area contributed by atoms with Crippen LogP contribution in [0.15, 0.2) is 66.7 Å². The molecule has 0 bridgehead atoms. The molecule has 2 aliphatic rings. The van der Waals surface area contributed by atoms with Crippen LogP contribution in [0.25, 0.3) is 0 Å². The van der Waals surface area contributed by atoms with Gasteiger partial charge in [0.2, 0.25) is 0 Å². The SMILES string of the molecule is O=C1CC(c2ccccc2)Cc2nc3c(cc21)C(=O)CC(c1ccccc1)C3. The van der Waals surface area contributed by atoms with Crippen LogP contribution in [0.1, 0.15) is 67.9 Å². The zero-order chi connectivity index (χ0) is 19.1. The van der Waals surface area contributed by atoms with Crippen molar-refractivity contribution in [2.45, 2.75) is 37.5 Å². The molecule has 0 fully saturated rings. The summed E-state index contributed by atoms with van der Waals surface area (Å²) in [5.41, 5.74) is 5.36. The van der Waals surface area contributed by atoms with Crippen LogP contribution in [-0.4, -0.2) is 16.6 Å². The number of hydrogen-bond donors (Lipinski definition) is 0. The van der Waals surface area contributed by atoms with E-state index in [4.69, 9.17) is 4.98 Å². The molecule has 2 atom stereocenters. The summed E-state index contributed by atoms with van der Waals surface area (Å²) in [6, 6.07) is 22.2. The van der Waals surface area contributed by atoms with Gasteiger partial charge in [-0.1, -0.05) is 60.7 Å². The molecule has 138 valence electrons. The van der Waals surface area contributed by atoms with Crippen molar-refractivity contribution in [2.75, 3.05) is 0 Å². The number of pyridine rings is 1. The van der Waals surface area contributed by atoms with Gasteiger partial charge in [-0.05, 0) is 41.9 Å². The molecule has 2 unspecified atom stereocenters.